The first-order chi connectivity index (χ1) is 16.5. The van der Waals surface area contributed by atoms with Crippen LogP contribution in [0.5, 0.6) is 5.75 Å². The van der Waals surface area contributed by atoms with Crippen LogP contribution in [-0.4, -0.2) is 17.3 Å². The second-order valence-corrected chi connectivity index (χ2v) is 5.76. The largest absolute Gasteiger partial charge is 0.508 e. The van der Waals surface area contributed by atoms with Crippen molar-refractivity contribution < 1.29 is 9.50 Å². The number of aromatic nitrogens is 1. The van der Waals surface area contributed by atoms with Gasteiger partial charge in [-0.05, 0) is 44.0 Å². The van der Waals surface area contributed by atoms with Crippen LogP contribution in [0.3, 0.4) is 0 Å². The quantitative estimate of drug-likeness (QED) is 0.379. The highest BCUT2D eigenvalue weighted by molar-refractivity contribution is 5.31. The third-order valence-electron chi connectivity index (χ3n) is 3.07. The highest BCUT2D eigenvalue weighted by Crippen LogP contribution is 2.14. The summed E-state index contributed by atoms with van der Waals surface area (Å²) in [6.07, 6.45) is 2.15. The lowest BCUT2D eigenvalue weighted by molar-refractivity contribution is 0.469. The maximum absolute atomic E-state index is 9.50. The molecule has 0 radical (unpaired) electrons. The van der Waals surface area contributed by atoms with E-state index in [9.17, 15) is 4.39 Å². The molecule has 196 valence electrons. The Kier molecular flexibility index (Phi) is 49.7. The fraction of sp³-hybridized carbons (Fsp3) is 0.452. The topological polar surface area (TPSA) is 33.1 Å². The van der Waals surface area contributed by atoms with Gasteiger partial charge >= 0.3 is 0 Å². The highest BCUT2D eigenvalue weighted by Gasteiger charge is 1.92. The van der Waals surface area contributed by atoms with Gasteiger partial charge in [0.25, 0.3) is 0 Å². The van der Waals surface area contributed by atoms with E-state index in [2.05, 4.69) is 18.8 Å². The molecule has 1 heterocycles. The van der Waals surface area contributed by atoms with Gasteiger partial charge in [0.1, 0.15) is 5.75 Å². The SMILES string of the molecule is CC.CC.CC.CCC.CCc1ccccc1O.CF.Cc1cccc(C)n1.c1ccccc1. The molecule has 0 bridgehead atoms. The molecule has 0 saturated carbocycles. The van der Waals surface area contributed by atoms with Gasteiger partial charge in [-0.3, -0.25) is 9.37 Å². The van der Waals surface area contributed by atoms with E-state index in [-0.39, 0.29) is 0 Å². The number of phenols is 1. The number of benzene rings is 2. The Morgan fingerprint density at radius 1 is 0.588 bits per heavy atom. The first kappa shape index (κ1) is 41.6. The van der Waals surface area contributed by atoms with Crippen molar-refractivity contribution in [3.63, 3.8) is 0 Å². The molecule has 0 fully saturated rings. The van der Waals surface area contributed by atoms with Gasteiger partial charge in [0, 0.05) is 11.4 Å². The molecule has 2 nitrogen and oxygen atoms in total. The van der Waals surface area contributed by atoms with Crippen LogP contribution in [0.25, 0.3) is 0 Å². The molecule has 0 aliphatic carbocycles. The number of aromatic hydroxyl groups is 1. The molecule has 1 N–H and O–H groups in total. The van der Waals surface area contributed by atoms with E-state index < -0.39 is 0 Å². The summed E-state index contributed by atoms with van der Waals surface area (Å²) in [5.74, 6) is 0.403. The molecule has 0 atom stereocenters. The lowest BCUT2D eigenvalue weighted by Gasteiger charge is -1.97. The van der Waals surface area contributed by atoms with Crippen molar-refractivity contribution in [2.75, 3.05) is 7.18 Å². The number of aryl methyl sites for hydroxylation is 3. The summed E-state index contributed by atoms with van der Waals surface area (Å²) >= 11 is 0. The predicted molar refractivity (Wildman–Crippen MR) is 155 cm³/mol. The summed E-state index contributed by atoms with van der Waals surface area (Å²) < 4.78 is 9.50. The Bertz CT molecular complexity index is 644. The fourth-order valence-corrected chi connectivity index (χ4v) is 1.87. The number of hydrogen-bond acceptors (Lipinski definition) is 2. The summed E-state index contributed by atoms with van der Waals surface area (Å²) in [6, 6.07) is 25.4. The minimum atomic E-state index is 0.403. The van der Waals surface area contributed by atoms with Crippen LogP contribution in [0.1, 0.15) is 85.7 Å². The molecule has 0 amide bonds. The minimum Gasteiger partial charge on any atom is -0.508 e. The monoisotopic (exact) mass is 475 g/mol. The number of alkyl halides is 1. The van der Waals surface area contributed by atoms with Crippen molar-refractivity contribution in [3.8, 4) is 5.75 Å². The average molecular weight is 476 g/mol. The van der Waals surface area contributed by atoms with Crippen molar-refractivity contribution in [1.29, 1.82) is 0 Å². The lowest BCUT2D eigenvalue weighted by atomic mass is 10.1. The first-order valence-electron chi connectivity index (χ1n) is 12.6. The zero-order chi connectivity index (χ0) is 27.6. The summed E-state index contributed by atoms with van der Waals surface area (Å²) in [6.45, 7) is 22.3. The van der Waals surface area contributed by atoms with Gasteiger partial charge in [0.15, 0.2) is 0 Å². The highest BCUT2D eigenvalue weighted by atomic mass is 19.1. The molecule has 3 heteroatoms. The zero-order valence-corrected chi connectivity index (χ0v) is 24.2. The van der Waals surface area contributed by atoms with Crippen LogP contribution >= 0.6 is 0 Å². The van der Waals surface area contributed by atoms with E-state index in [0.29, 0.717) is 12.9 Å². The maximum Gasteiger partial charge on any atom is 0.118 e. The van der Waals surface area contributed by atoms with E-state index in [1.807, 2.05) is 135 Å². The standard InChI is InChI=1S/C8H10O.C7H9N.C6H6.C3H8.3C2H6.CH3F/c1-2-7-5-3-4-6-8(7)9;1-6-4-3-5-7(2)8-6;1-2-4-6-5-3-1;1-3-2;4*1-2/h3-6,9H,2H2,1H3;3-5H,1-2H3;1-6H;3H2,1-2H3;3*1-2H3;1H3. The molecule has 34 heavy (non-hydrogen) atoms. The van der Waals surface area contributed by atoms with Crippen molar-refractivity contribution in [2.45, 2.75) is 89.0 Å². The Balaban J connectivity index is -0.000000104. The van der Waals surface area contributed by atoms with Gasteiger partial charge in [-0.1, -0.05) is 129 Å². The molecule has 2 aromatic carbocycles. The van der Waals surface area contributed by atoms with Crippen molar-refractivity contribution >= 4 is 0 Å². The first-order valence-corrected chi connectivity index (χ1v) is 12.6. The number of rotatable bonds is 1. The average Bonchev–Trinajstić information content (AvgIpc) is 2.91. The lowest BCUT2D eigenvalue weighted by Crippen LogP contribution is -1.81. The predicted octanol–water partition coefficient (Wildman–Crippen LogP) is 10.4. The van der Waals surface area contributed by atoms with E-state index in [1.54, 1.807) is 6.07 Å². The van der Waals surface area contributed by atoms with Gasteiger partial charge in [-0.2, -0.15) is 0 Å². The van der Waals surface area contributed by atoms with Crippen LogP contribution in [0.2, 0.25) is 0 Å². The number of para-hydroxylation sites is 1. The third kappa shape index (κ3) is 33.9. The summed E-state index contributed by atoms with van der Waals surface area (Å²) in [4.78, 5) is 4.17. The van der Waals surface area contributed by atoms with Crippen LogP contribution in [-0.2, 0) is 6.42 Å². The Hall–Kier alpha value is -2.68. The number of halogens is 1. The summed E-state index contributed by atoms with van der Waals surface area (Å²) in [5, 5.41) is 9.11. The molecule has 0 aliphatic rings. The smallest absolute Gasteiger partial charge is 0.118 e. The molecule has 1 aromatic heterocycles. The number of pyridine rings is 1. The van der Waals surface area contributed by atoms with E-state index in [1.165, 1.54) is 6.42 Å². The molecule has 3 aromatic rings. The Morgan fingerprint density at radius 3 is 1.12 bits per heavy atom. The second-order valence-electron chi connectivity index (χ2n) is 5.76. The minimum absolute atomic E-state index is 0.403. The van der Waals surface area contributed by atoms with E-state index in [4.69, 9.17) is 5.11 Å². The van der Waals surface area contributed by atoms with Crippen molar-refractivity contribution in [3.05, 3.63) is 95.8 Å². The second kappa shape index (κ2) is 40.7. The zero-order valence-electron chi connectivity index (χ0n) is 24.2. The van der Waals surface area contributed by atoms with Crippen molar-refractivity contribution in [1.82, 2.24) is 4.98 Å². The van der Waals surface area contributed by atoms with Gasteiger partial charge in [0.05, 0.1) is 7.18 Å². The van der Waals surface area contributed by atoms with Crippen molar-refractivity contribution in [2.24, 2.45) is 0 Å². The maximum atomic E-state index is 9.50. The van der Waals surface area contributed by atoms with Crippen LogP contribution < -0.4 is 0 Å². The number of hydrogen-bond donors (Lipinski definition) is 1. The van der Waals surface area contributed by atoms with Crippen LogP contribution in [0.15, 0.2) is 78.9 Å². The Labute approximate surface area is 212 Å². The molecular formula is C31H54FNO. The van der Waals surface area contributed by atoms with Gasteiger partial charge in [0.2, 0.25) is 0 Å². The van der Waals surface area contributed by atoms with E-state index >= 15 is 0 Å². The fourth-order valence-electron chi connectivity index (χ4n) is 1.87. The summed E-state index contributed by atoms with van der Waals surface area (Å²) in [5.41, 5.74) is 3.19. The molecule has 0 saturated heterocycles. The number of phenolic OH excluding ortho intramolecular Hbond substituents is 1. The normalized spacial score (nSPS) is 7.32. The van der Waals surface area contributed by atoms with Crippen LogP contribution in [0.4, 0.5) is 4.39 Å². The van der Waals surface area contributed by atoms with Gasteiger partial charge < -0.3 is 5.11 Å². The van der Waals surface area contributed by atoms with Gasteiger partial charge in [-0.25, -0.2) is 0 Å². The number of nitrogens with zero attached hydrogens (tertiary/aromatic N) is 1. The molecule has 0 aliphatic heterocycles. The summed E-state index contributed by atoms with van der Waals surface area (Å²) in [7, 11) is 0.500. The van der Waals surface area contributed by atoms with Crippen LogP contribution in [0, 0.1) is 13.8 Å². The van der Waals surface area contributed by atoms with Gasteiger partial charge in [-0.15, -0.1) is 0 Å². The molecule has 0 spiro atoms. The van der Waals surface area contributed by atoms with E-state index in [0.717, 1.165) is 23.4 Å². The molecular weight excluding hydrogens is 421 g/mol. The Morgan fingerprint density at radius 2 is 0.912 bits per heavy atom. The molecule has 0 unspecified atom stereocenters. The third-order valence-corrected chi connectivity index (χ3v) is 3.07. The molecule has 3 rings (SSSR count).